The van der Waals surface area contributed by atoms with Crippen LogP contribution in [0.5, 0.6) is 0 Å². The highest BCUT2D eigenvalue weighted by Crippen LogP contribution is 2.14. The summed E-state index contributed by atoms with van der Waals surface area (Å²) < 4.78 is 38.5. The van der Waals surface area contributed by atoms with Crippen molar-refractivity contribution in [2.45, 2.75) is 20.4 Å². The Morgan fingerprint density at radius 2 is 1.88 bits per heavy atom. The fraction of sp³-hybridized carbons (Fsp3) is 0.364. The first-order valence-corrected chi connectivity index (χ1v) is 4.83. The lowest BCUT2D eigenvalue weighted by molar-refractivity contribution is -0.124. The van der Waals surface area contributed by atoms with E-state index in [0.717, 1.165) is 12.1 Å². The first-order chi connectivity index (χ1) is 7.43. The summed E-state index contributed by atoms with van der Waals surface area (Å²) in [6.45, 7) is 3.20. The molecule has 0 unspecified atom stereocenters. The van der Waals surface area contributed by atoms with Crippen LogP contribution in [0.3, 0.4) is 0 Å². The number of hydrogen-bond donors (Lipinski definition) is 1. The lowest BCUT2D eigenvalue weighted by Gasteiger charge is -2.08. The summed E-state index contributed by atoms with van der Waals surface area (Å²) in [6.07, 6.45) is 0. The van der Waals surface area contributed by atoms with Gasteiger partial charge in [0.2, 0.25) is 5.91 Å². The van der Waals surface area contributed by atoms with Crippen LogP contribution in [0.15, 0.2) is 12.1 Å². The van der Waals surface area contributed by atoms with E-state index in [1.807, 2.05) is 0 Å². The zero-order valence-corrected chi connectivity index (χ0v) is 8.98. The van der Waals surface area contributed by atoms with Crippen molar-refractivity contribution in [2.24, 2.45) is 5.92 Å². The quantitative estimate of drug-likeness (QED) is 0.795. The Bertz CT molecular complexity index is 404. The van der Waals surface area contributed by atoms with Crippen LogP contribution in [-0.4, -0.2) is 5.91 Å². The fourth-order valence-corrected chi connectivity index (χ4v) is 1.09. The molecule has 0 heterocycles. The van der Waals surface area contributed by atoms with Crippen molar-refractivity contribution in [1.29, 1.82) is 0 Å². The molecule has 88 valence electrons. The zero-order valence-electron chi connectivity index (χ0n) is 8.98. The van der Waals surface area contributed by atoms with Gasteiger partial charge in [0.15, 0.2) is 17.5 Å². The van der Waals surface area contributed by atoms with Crippen LogP contribution in [0, 0.1) is 23.4 Å². The molecule has 1 aromatic rings. The minimum Gasteiger partial charge on any atom is -0.352 e. The van der Waals surface area contributed by atoms with E-state index in [4.69, 9.17) is 0 Å². The van der Waals surface area contributed by atoms with Gasteiger partial charge in [-0.2, -0.15) is 0 Å². The normalized spacial score (nSPS) is 10.6. The fourth-order valence-electron chi connectivity index (χ4n) is 1.09. The van der Waals surface area contributed by atoms with Gasteiger partial charge in [-0.3, -0.25) is 4.79 Å². The molecule has 1 aromatic carbocycles. The van der Waals surface area contributed by atoms with E-state index in [9.17, 15) is 18.0 Å². The topological polar surface area (TPSA) is 29.1 Å². The predicted octanol–water partition coefficient (Wildman–Crippen LogP) is 2.38. The van der Waals surface area contributed by atoms with Crippen molar-refractivity contribution >= 4 is 5.91 Å². The molecule has 0 aliphatic heterocycles. The molecular weight excluding hydrogens is 219 g/mol. The summed E-state index contributed by atoms with van der Waals surface area (Å²) in [7, 11) is 0. The molecule has 0 saturated carbocycles. The van der Waals surface area contributed by atoms with E-state index in [0.29, 0.717) is 0 Å². The Morgan fingerprint density at radius 3 is 2.44 bits per heavy atom. The maximum absolute atomic E-state index is 13.1. The molecule has 0 aliphatic rings. The van der Waals surface area contributed by atoms with E-state index in [1.165, 1.54) is 0 Å². The van der Waals surface area contributed by atoms with Gasteiger partial charge in [0.25, 0.3) is 0 Å². The summed E-state index contributed by atoms with van der Waals surface area (Å²) in [5, 5.41) is 2.42. The monoisotopic (exact) mass is 231 g/mol. The number of halogens is 3. The van der Waals surface area contributed by atoms with Gasteiger partial charge in [0.05, 0.1) is 0 Å². The molecule has 1 rings (SSSR count). The Morgan fingerprint density at radius 1 is 1.25 bits per heavy atom. The number of hydrogen-bond acceptors (Lipinski definition) is 1. The van der Waals surface area contributed by atoms with Gasteiger partial charge in [-0.25, -0.2) is 13.2 Å². The van der Waals surface area contributed by atoms with Gasteiger partial charge in [-0.05, 0) is 6.07 Å². The SMILES string of the molecule is CC(C)C(=O)NCc1ccc(F)c(F)c1F. The van der Waals surface area contributed by atoms with Gasteiger partial charge in [-0.15, -0.1) is 0 Å². The Balaban J connectivity index is 2.76. The summed E-state index contributed by atoms with van der Waals surface area (Å²) >= 11 is 0. The maximum Gasteiger partial charge on any atom is 0.222 e. The van der Waals surface area contributed by atoms with Crippen LogP contribution in [0.25, 0.3) is 0 Å². The van der Waals surface area contributed by atoms with E-state index < -0.39 is 17.5 Å². The average molecular weight is 231 g/mol. The van der Waals surface area contributed by atoms with Gasteiger partial charge in [-0.1, -0.05) is 19.9 Å². The predicted molar refractivity (Wildman–Crippen MR) is 53.0 cm³/mol. The zero-order chi connectivity index (χ0) is 12.3. The molecule has 5 heteroatoms. The first kappa shape index (κ1) is 12.5. The van der Waals surface area contributed by atoms with Crippen molar-refractivity contribution < 1.29 is 18.0 Å². The van der Waals surface area contributed by atoms with E-state index in [1.54, 1.807) is 13.8 Å². The van der Waals surface area contributed by atoms with Crippen LogP contribution >= 0.6 is 0 Å². The number of carbonyl (C=O) groups is 1. The second-order valence-electron chi connectivity index (χ2n) is 3.71. The number of carbonyl (C=O) groups excluding carboxylic acids is 1. The third-order valence-electron chi connectivity index (χ3n) is 2.09. The van der Waals surface area contributed by atoms with Crippen LogP contribution in [0.2, 0.25) is 0 Å². The minimum absolute atomic E-state index is 0.0760. The Labute approximate surface area is 91.5 Å². The maximum atomic E-state index is 13.1. The van der Waals surface area contributed by atoms with Crippen LogP contribution in [0.1, 0.15) is 19.4 Å². The third-order valence-corrected chi connectivity index (χ3v) is 2.09. The van der Waals surface area contributed by atoms with Crippen molar-refractivity contribution in [1.82, 2.24) is 5.32 Å². The third kappa shape index (κ3) is 2.74. The Hall–Kier alpha value is -1.52. The van der Waals surface area contributed by atoms with E-state index >= 15 is 0 Å². The lowest BCUT2D eigenvalue weighted by atomic mass is 10.1. The highest BCUT2D eigenvalue weighted by molar-refractivity contribution is 5.77. The van der Waals surface area contributed by atoms with Crippen LogP contribution < -0.4 is 5.32 Å². The summed E-state index contributed by atoms with van der Waals surface area (Å²) in [5.41, 5.74) is -0.0760. The van der Waals surface area contributed by atoms with Crippen LogP contribution in [0.4, 0.5) is 13.2 Å². The molecule has 0 bridgehead atoms. The number of benzene rings is 1. The molecule has 16 heavy (non-hydrogen) atoms. The largest absolute Gasteiger partial charge is 0.352 e. The summed E-state index contributed by atoms with van der Waals surface area (Å²) in [4.78, 5) is 11.2. The molecule has 2 nitrogen and oxygen atoms in total. The second kappa shape index (κ2) is 5.01. The van der Waals surface area contributed by atoms with Gasteiger partial charge in [0, 0.05) is 18.0 Å². The lowest BCUT2D eigenvalue weighted by Crippen LogP contribution is -2.27. The van der Waals surface area contributed by atoms with Gasteiger partial charge >= 0.3 is 0 Å². The average Bonchev–Trinajstić information content (AvgIpc) is 2.24. The highest BCUT2D eigenvalue weighted by Gasteiger charge is 2.14. The molecule has 0 saturated heterocycles. The summed E-state index contributed by atoms with van der Waals surface area (Å²) in [5.74, 6) is -4.53. The van der Waals surface area contributed by atoms with Crippen molar-refractivity contribution in [3.63, 3.8) is 0 Å². The van der Waals surface area contributed by atoms with Gasteiger partial charge < -0.3 is 5.32 Å². The van der Waals surface area contributed by atoms with Crippen molar-refractivity contribution in [3.8, 4) is 0 Å². The van der Waals surface area contributed by atoms with E-state index in [-0.39, 0.29) is 23.9 Å². The Kier molecular flexibility index (Phi) is 3.93. The van der Waals surface area contributed by atoms with Crippen molar-refractivity contribution in [3.05, 3.63) is 35.1 Å². The molecule has 0 fully saturated rings. The molecule has 1 N–H and O–H groups in total. The molecule has 0 aromatic heterocycles. The number of rotatable bonds is 3. The molecule has 0 atom stereocenters. The number of amides is 1. The molecule has 0 radical (unpaired) electrons. The minimum atomic E-state index is -1.52. The van der Waals surface area contributed by atoms with E-state index in [2.05, 4.69) is 5.32 Å². The highest BCUT2D eigenvalue weighted by atomic mass is 19.2. The standard InChI is InChI=1S/C11H12F3NO/c1-6(2)11(16)15-5-7-3-4-8(12)10(14)9(7)13/h3-4,6H,5H2,1-2H3,(H,15,16). The number of nitrogens with one attached hydrogen (secondary N) is 1. The summed E-state index contributed by atoms with van der Waals surface area (Å²) in [6, 6.07) is 1.93. The molecule has 0 spiro atoms. The molecular formula is C11H12F3NO. The van der Waals surface area contributed by atoms with Crippen LogP contribution in [-0.2, 0) is 11.3 Å². The first-order valence-electron chi connectivity index (χ1n) is 4.83. The van der Waals surface area contributed by atoms with Crippen molar-refractivity contribution in [2.75, 3.05) is 0 Å². The molecule has 1 amide bonds. The smallest absolute Gasteiger partial charge is 0.222 e. The second-order valence-corrected chi connectivity index (χ2v) is 3.71. The van der Waals surface area contributed by atoms with Gasteiger partial charge in [0.1, 0.15) is 0 Å². The molecule has 0 aliphatic carbocycles.